The van der Waals surface area contributed by atoms with E-state index >= 15 is 0 Å². The summed E-state index contributed by atoms with van der Waals surface area (Å²) in [4.78, 5) is 30.4. The van der Waals surface area contributed by atoms with Crippen LogP contribution < -0.4 is 5.32 Å². The van der Waals surface area contributed by atoms with E-state index in [1.807, 2.05) is 12.1 Å². The number of benzene rings is 1. The van der Waals surface area contributed by atoms with Crippen LogP contribution >= 0.6 is 11.8 Å². The molecule has 0 aliphatic carbocycles. The maximum Gasteiger partial charge on any atom is 0.244 e. The SMILES string of the molecule is O=C(NCc1cccnc1)C1CSC2(c3ccc(F)cc3)CCC(=O)N12. The Kier molecular flexibility index (Phi) is 4.40. The third kappa shape index (κ3) is 2.86. The summed E-state index contributed by atoms with van der Waals surface area (Å²) >= 11 is 1.59. The predicted octanol–water partition coefficient (Wildman–Crippen LogP) is 2.43. The molecular formula is C19H18FN3O2S. The summed E-state index contributed by atoms with van der Waals surface area (Å²) in [6.45, 7) is 0.374. The highest BCUT2D eigenvalue weighted by molar-refractivity contribution is 8.00. The van der Waals surface area contributed by atoms with Crippen molar-refractivity contribution in [3.63, 3.8) is 0 Å². The number of thioether (sulfide) groups is 1. The lowest BCUT2D eigenvalue weighted by Crippen LogP contribution is -2.49. The van der Waals surface area contributed by atoms with Crippen molar-refractivity contribution >= 4 is 23.6 Å². The number of pyridine rings is 1. The average molecular weight is 371 g/mol. The second-order valence-electron chi connectivity index (χ2n) is 6.46. The van der Waals surface area contributed by atoms with E-state index < -0.39 is 10.9 Å². The van der Waals surface area contributed by atoms with Crippen molar-refractivity contribution in [1.82, 2.24) is 15.2 Å². The van der Waals surface area contributed by atoms with Gasteiger partial charge in [0.2, 0.25) is 11.8 Å². The fraction of sp³-hybridized carbons (Fsp3) is 0.316. The molecule has 0 radical (unpaired) electrons. The molecule has 1 N–H and O–H groups in total. The zero-order chi connectivity index (χ0) is 18.1. The summed E-state index contributed by atoms with van der Waals surface area (Å²) in [6, 6.07) is 9.42. The largest absolute Gasteiger partial charge is 0.350 e. The normalized spacial score (nSPS) is 24.6. The van der Waals surface area contributed by atoms with Crippen molar-refractivity contribution in [2.75, 3.05) is 5.75 Å². The molecule has 0 spiro atoms. The summed E-state index contributed by atoms with van der Waals surface area (Å²) < 4.78 is 13.3. The number of nitrogens with one attached hydrogen (secondary N) is 1. The van der Waals surface area contributed by atoms with Gasteiger partial charge in [-0.2, -0.15) is 0 Å². The molecule has 2 amide bonds. The smallest absolute Gasteiger partial charge is 0.244 e. The lowest BCUT2D eigenvalue weighted by Gasteiger charge is -2.34. The van der Waals surface area contributed by atoms with Crippen LogP contribution in [0.15, 0.2) is 48.8 Å². The molecule has 2 aliphatic heterocycles. The summed E-state index contributed by atoms with van der Waals surface area (Å²) in [6.07, 6.45) is 4.41. The average Bonchev–Trinajstić information content (AvgIpc) is 3.21. The topological polar surface area (TPSA) is 62.3 Å². The van der Waals surface area contributed by atoms with E-state index in [-0.39, 0.29) is 17.6 Å². The van der Waals surface area contributed by atoms with Crippen LogP contribution in [-0.4, -0.2) is 33.5 Å². The summed E-state index contributed by atoms with van der Waals surface area (Å²) in [5, 5.41) is 2.91. The molecule has 26 heavy (non-hydrogen) atoms. The van der Waals surface area contributed by atoms with Crippen molar-refractivity contribution in [1.29, 1.82) is 0 Å². The van der Waals surface area contributed by atoms with E-state index in [1.165, 1.54) is 12.1 Å². The highest BCUT2D eigenvalue weighted by Crippen LogP contribution is 2.54. The number of rotatable bonds is 4. The van der Waals surface area contributed by atoms with Crippen LogP contribution in [0.5, 0.6) is 0 Å². The van der Waals surface area contributed by atoms with E-state index in [2.05, 4.69) is 10.3 Å². The van der Waals surface area contributed by atoms with Crippen LogP contribution in [-0.2, 0) is 21.0 Å². The quantitative estimate of drug-likeness (QED) is 0.897. The number of fused-ring (bicyclic) bond motifs is 1. The molecule has 0 bridgehead atoms. The standard InChI is InChI=1S/C19H18FN3O2S/c20-15-5-3-14(4-6-15)19-8-7-17(24)23(19)16(12-26-19)18(25)22-11-13-2-1-9-21-10-13/h1-6,9-10,16H,7-8,11-12H2,(H,22,25). The molecule has 1 aromatic heterocycles. The van der Waals surface area contributed by atoms with E-state index in [4.69, 9.17) is 0 Å². The van der Waals surface area contributed by atoms with Gasteiger partial charge in [0.15, 0.2) is 0 Å². The van der Waals surface area contributed by atoms with Gasteiger partial charge in [0.05, 0.1) is 0 Å². The second-order valence-corrected chi connectivity index (χ2v) is 7.76. The molecule has 2 fully saturated rings. The van der Waals surface area contributed by atoms with E-state index in [1.54, 1.807) is 41.2 Å². The Morgan fingerprint density at radius 1 is 1.35 bits per heavy atom. The van der Waals surface area contributed by atoms with Gasteiger partial charge >= 0.3 is 0 Å². The summed E-state index contributed by atoms with van der Waals surface area (Å²) in [7, 11) is 0. The minimum atomic E-state index is -0.568. The van der Waals surface area contributed by atoms with Crippen LogP contribution in [0.3, 0.4) is 0 Å². The Labute approximate surface area is 155 Å². The third-order valence-electron chi connectivity index (χ3n) is 4.91. The maximum atomic E-state index is 13.3. The first-order chi connectivity index (χ1) is 12.6. The molecule has 3 heterocycles. The molecule has 134 valence electrons. The van der Waals surface area contributed by atoms with Crippen LogP contribution in [0.1, 0.15) is 24.0 Å². The van der Waals surface area contributed by atoms with Crippen LogP contribution in [0, 0.1) is 5.82 Å². The van der Waals surface area contributed by atoms with E-state index in [0.29, 0.717) is 25.1 Å². The Morgan fingerprint density at radius 3 is 2.88 bits per heavy atom. The first-order valence-electron chi connectivity index (χ1n) is 8.49. The van der Waals surface area contributed by atoms with Crippen LogP contribution in [0.4, 0.5) is 4.39 Å². The first-order valence-corrected chi connectivity index (χ1v) is 9.47. The van der Waals surface area contributed by atoms with Gasteiger partial charge in [0.1, 0.15) is 16.7 Å². The van der Waals surface area contributed by atoms with Crippen molar-refractivity contribution in [2.24, 2.45) is 0 Å². The maximum absolute atomic E-state index is 13.3. The molecule has 4 rings (SSSR count). The molecule has 1 aromatic carbocycles. The van der Waals surface area contributed by atoms with E-state index in [9.17, 15) is 14.0 Å². The number of hydrogen-bond acceptors (Lipinski definition) is 4. The van der Waals surface area contributed by atoms with Gasteiger partial charge < -0.3 is 10.2 Å². The van der Waals surface area contributed by atoms with Crippen molar-refractivity contribution in [3.05, 3.63) is 65.7 Å². The van der Waals surface area contributed by atoms with Gasteiger partial charge in [0.25, 0.3) is 0 Å². The number of hydrogen-bond donors (Lipinski definition) is 1. The molecule has 2 atom stereocenters. The number of aromatic nitrogens is 1. The first kappa shape index (κ1) is 17.0. The van der Waals surface area contributed by atoms with Crippen LogP contribution in [0.2, 0.25) is 0 Å². The van der Waals surface area contributed by atoms with Crippen molar-refractivity contribution in [2.45, 2.75) is 30.3 Å². The summed E-state index contributed by atoms with van der Waals surface area (Å²) in [5.41, 5.74) is 1.78. The number of amides is 2. The molecule has 2 unspecified atom stereocenters. The Balaban J connectivity index is 1.54. The zero-order valence-corrected chi connectivity index (χ0v) is 14.8. The lowest BCUT2D eigenvalue weighted by atomic mass is 10.0. The van der Waals surface area contributed by atoms with Gasteiger partial charge in [-0.25, -0.2) is 4.39 Å². The number of carbonyl (C=O) groups is 2. The van der Waals surface area contributed by atoms with E-state index in [0.717, 1.165) is 11.1 Å². The minimum Gasteiger partial charge on any atom is -0.350 e. The number of halogens is 1. The van der Waals surface area contributed by atoms with Crippen molar-refractivity contribution < 1.29 is 14.0 Å². The number of nitrogens with zero attached hydrogens (tertiary/aromatic N) is 2. The zero-order valence-electron chi connectivity index (χ0n) is 14.0. The molecule has 2 aromatic rings. The fourth-order valence-electron chi connectivity index (χ4n) is 3.66. The highest BCUT2D eigenvalue weighted by Gasteiger charge is 2.56. The fourth-order valence-corrected chi connectivity index (χ4v) is 5.31. The van der Waals surface area contributed by atoms with Gasteiger partial charge in [-0.1, -0.05) is 18.2 Å². The molecule has 0 saturated carbocycles. The van der Waals surface area contributed by atoms with Gasteiger partial charge in [-0.3, -0.25) is 14.6 Å². The van der Waals surface area contributed by atoms with Gasteiger partial charge in [-0.05, 0) is 35.7 Å². The molecule has 7 heteroatoms. The Bertz CT molecular complexity index is 830. The highest BCUT2D eigenvalue weighted by atomic mass is 32.2. The second kappa shape index (κ2) is 6.72. The molecule has 2 aliphatic rings. The molecule has 2 saturated heterocycles. The predicted molar refractivity (Wildman–Crippen MR) is 96.5 cm³/mol. The number of carbonyl (C=O) groups excluding carboxylic acids is 2. The molecule has 5 nitrogen and oxygen atoms in total. The van der Waals surface area contributed by atoms with Crippen molar-refractivity contribution in [3.8, 4) is 0 Å². The van der Waals surface area contributed by atoms with Crippen LogP contribution in [0.25, 0.3) is 0 Å². The lowest BCUT2D eigenvalue weighted by molar-refractivity contribution is -0.138. The third-order valence-corrected chi connectivity index (χ3v) is 6.51. The van der Waals surface area contributed by atoms with Gasteiger partial charge in [0, 0.05) is 31.1 Å². The molecular weight excluding hydrogens is 353 g/mol. The monoisotopic (exact) mass is 371 g/mol. The Morgan fingerprint density at radius 2 is 2.15 bits per heavy atom. The minimum absolute atomic E-state index is 0.0270. The Hall–Kier alpha value is -2.41. The summed E-state index contributed by atoms with van der Waals surface area (Å²) in [5.74, 6) is 0.0263. The van der Waals surface area contributed by atoms with Gasteiger partial charge in [-0.15, -0.1) is 11.8 Å².